The van der Waals surface area contributed by atoms with Crippen LogP contribution in [0.4, 0.5) is 5.69 Å². The molecule has 0 aliphatic heterocycles. The second kappa shape index (κ2) is 6.42. The molecule has 0 amide bonds. The standard InChI is InChI=1S/C13H20N2O5S/c1-3-13(4-2,8-16)15-11-6-5-9(21(14,19)20)7-10(11)12(17)18/h5-7,15-16H,3-4,8H2,1-2H3,(H,17,18)(H2,14,19,20). The fourth-order valence-corrected chi connectivity index (χ4v) is 2.50. The maximum absolute atomic E-state index is 11.3. The number of aromatic carboxylic acids is 1. The Labute approximate surface area is 123 Å². The Balaban J connectivity index is 3.34. The molecule has 0 saturated carbocycles. The largest absolute Gasteiger partial charge is 0.478 e. The van der Waals surface area contributed by atoms with E-state index in [9.17, 15) is 23.4 Å². The van der Waals surface area contributed by atoms with Crippen LogP contribution < -0.4 is 10.5 Å². The molecule has 7 nitrogen and oxygen atoms in total. The van der Waals surface area contributed by atoms with Crippen molar-refractivity contribution in [2.45, 2.75) is 37.1 Å². The number of rotatable bonds is 7. The molecule has 0 aliphatic carbocycles. The van der Waals surface area contributed by atoms with Gasteiger partial charge in [0, 0.05) is 5.69 Å². The molecule has 0 aliphatic rings. The highest BCUT2D eigenvalue weighted by Gasteiger charge is 2.27. The summed E-state index contributed by atoms with van der Waals surface area (Å²) in [5.74, 6) is -1.28. The van der Waals surface area contributed by atoms with E-state index >= 15 is 0 Å². The Morgan fingerprint density at radius 2 is 1.90 bits per heavy atom. The molecule has 118 valence electrons. The number of carbonyl (C=O) groups is 1. The zero-order valence-electron chi connectivity index (χ0n) is 12.0. The van der Waals surface area contributed by atoms with E-state index < -0.39 is 21.5 Å². The van der Waals surface area contributed by atoms with Crippen LogP contribution in [-0.2, 0) is 10.0 Å². The Morgan fingerprint density at radius 1 is 1.33 bits per heavy atom. The number of sulfonamides is 1. The molecule has 0 spiro atoms. The first-order valence-corrected chi connectivity index (χ1v) is 8.03. The van der Waals surface area contributed by atoms with Crippen LogP contribution in [0.5, 0.6) is 0 Å². The van der Waals surface area contributed by atoms with Gasteiger partial charge in [-0.1, -0.05) is 13.8 Å². The third-order valence-electron chi connectivity index (χ3n) is 3.61. The van der Waals surface area contributed by atoms with Crippen molar-refractivity contribution in [3.8, 4) is 0 Å². The Kier molecular flexibility index (Phi) is 5.32. The molecular weight excluding hydrogens is 296 g/mol. The van der Waals surface area contributed by atoms with Crippen molar-refractivity contribution >= 4 is 21.7 Å². The predicted molar refractivity (Wildman–Crippen MR) is 78.8 cm³/mol. The van der Waals surface area contributed by atoms with Crippen LogP contribution >= 0.6 is 0 Å². The third kappa shape index (κ3) is 3.93. The molecule has 21 heavy (non-hydrogen) atoms. The number of primary sulfonamides is 1. The number of nitrogens with one attached hydrogen (secondary N) is 1. The first kappa shape index (κ1) is 17.4. The summed E-state index contributed by atoms with van der Waals surface area (Å²) in [6, 6.07) is 3.59. The Bertz CT molecular complexity index is 615. The maximum Gasteiger partial charge on any atom is 0.337 e. The van der Waals surface area contributed by atoms with E-state index in [2.05, 4.69) is 5.32 Å². The van der Waals surface area contributed by atoms with Gasteiger partial charge in [-0.05, 0) is 31.0 Å². The van der Waals surface area contributed by atoms with Gasteiger partial charge in [0.15, 0.2) is 0 Å². The van der Waals surface area contributed by atoms with Gasteiger partial charge in [-0.15, -0.1) is 0 Å². The van der Waals surface area contributed by atoms with Gasteiger partial charge in [0.2, 0.25) is 10.0 Å². The quantitative estimate of drug-likeness (QED) is 0.593. The van der Waals surface area contributed by atoms with Crippen molar-refractivity contribution in [2.24, 2.45) is 5.14 Å². The highest BCUT2D eigenvalue weighted by atomic mass is 32.2. The molecule has 1 rings (SSSR count). The van der Waals surface area contributed by atoms with E-state index in [0.717, 1.165) is 6.07 Å². The van der Waals surface area contributed by atoms with Crippen LogP contribution in [0.2, 0.25) is 0 Å². The fraction of sp³-hybridized carbons (Fsp3) is 0.462. The van der Waals surface area contributed by atoms with Gasteiger partial charge in [0.1, 0.15) is 0 Å². The van der Waals surface area contributed by atoms with E-state index in [1.54, 1.807) is 0 Å². The number of hydrogen-bond donors (Lipinski definition) is 4. The minimum Gasteiger partial charge on any atom is -0.478 e. The molecule has 0 fully saturated rings. The number of carboxylic acid groups (broad SMARTS) is 1. The zero-order valence-corrected chi connectivity index (χ0v) is 12.8. The first-order chi connectivity index (χ1) is 9.69. The number of aliphatic hydroxyl groups excluding tert-OH is 1. The molecule has 0 bridgehead atoms. The van der Waals surface area contributed by atoms with Gasteiger partial charge in [-0.25, -0.2) is 18.4 Å². The Hall–Kier alpha value is -1.64. The van der Waals surface area contributed by atoms with Crippen molar-refractivity contribution in [1.82, 2.24) is 0 Å². The zero-order chi connectivity index (χ0) is 16.3. The lowest BCUT2D eigenvalue weighted by Gasteiger charge is -2.32. The molecule has 0 saturated heterocycles. The molecule has 8 heteroatoms. The van der Waals surface area contributed by atoms with Crippen LogP contribution in [0.3, 0.4) is 0 Å². The van der Waals surface area contributed by atoms with Crippen molar-refractivity contribution < 1.29 is 23.4 Å². The summed E-state index contributed by atoms with van der Waals surface area (Å²) in [5.41, 5.74) is -0.623. The topological polar surface area (TPSA) is 130 Å². The smallest absolute Gasteiger partial charge is 0.337 e. The monoisotopic (exact) mass is 316 g/mol. The van der Waals surface area contributed by atoms with Gasteiger partial charge in [-0.2, -0.15) is 0 Å². The van der Waals surface area contributed by atoms with Gasteiger partial charge < -0.3 is 15.5 Å². The minimum atomic E-state index is -3.98. The van der Waals surface area contributed by atoms with E-state index in [4.69, 9.17) is 5.14 Å². The number of anilines is 1. The Morgan fingerprint density at radius 3 is 2.29 bits per heavy atom. The number of hydrogen-bond acceptors (Lipinski definition) is 5. The molecule has 0 radical (unpaired) electrons. The van der Waals surface area contributed by atoms with Crippen LogP contribution in [0.25, 0.3) is 0 Å². The number of aliphatic hydroxyl groups is 1. The second-order valence-electron chi connectivity index (χ2n) is 4.83. The van der Waals surface area contributed by atoms with Crippen molar-refractivity contribution in [1.29, 1.82) is 0 Å². The molecule has 0 atom stereocenters. The minimum absolute atomic E-state index is 0.171. The SMILES string of the molecule is CCC(CC)(CO)Nc1ccc(S(N)(=O)=O)cc1C(=O)O. The highest BCUT2D eigenvalue weighted by Crippen LogP contribution is 2.26. The van der Waals surface area contributed by atoms with E-state index in [1.807, 2.05) is 13.8 Å². The maximum atomic E-state index is 11.3. The first-order valence-electron chi connectivity index (χ1n) is 6.48. The number of nitrogens with two attached hydrogens (primary N) is 1. The molecular formula is C13H20N2O5S. The highest BCUT2D eigenvalue weighted by molar-refractivity contribution is 7.89. The van der Waals surface area contributed by atoms with Crippen molar-refractivity contribution in [2.75, 3.05) is 11.9 Å². The summed E-state index contributed by atoms with van der Waals surface area (Å²) in [4.78, 5) is 11.0. The molecule has 0 aromatic heterocycles. The normalized spacial score (nSPS) is 12.2. The van der Waals surface area contributed by atoms with E-state index in [-0.39, 0.29) is 22.8 Å². The van der Waals surface area contributed by atoms with Crippen molar-refractivity contribution in [3.63, 3.8) is 0 Å². The molecule has 1 aromatic carbocycles. The number of benzene rings is 1. The van der Waals surface area contributed by atoms with Crippen LogP contribution in [0, 0.1) is 0 Å². The van der Waals surface area contributed by atoms with Crippen LogP contribution in [0.15, 0.2) is 23.1 Å². The lowest BCUT2D eigenvalue weighted by Crippen LogP contribution is -2.41. The molecule has 0 heterocycles. The third-order valence-corrected chi connectivity index (χ3v) is 4.52. The van der Waals surface area contributed by atoms with Gasteiger partial charge in [0.05, 0.1) is 22.6 Å². The van der Waals surface area contributed by atoms with E-state index in [0.29, 0.717) is 12.8 Å². The molecule has 1 aromatic rings. The number of carboxylic acids is 1. The summed E-state index contributed by atoms with van der Waals surface area (Å²) < 4.78 is 22.6. The fourth-order valence-electron chi connectivity index (χ4n) is 1.96. The van der Waals surface area contributed by atoms with Gasteiger partial charge >= 0.3 is 5.97 Å². The summed E-state index contributed by atoms with van der Waals surface area (Å²) in [6.07, 6.45) is 1.16. The molecule has 5 N–H and O–H groups in total. The van der Waals surface area contributed by atoms with Gasteiger partial charge in [0.25, 0.3) is 0 Å². The molecule has 0 unspecified atom stereocenters. The average molecular weight is 316 g/mol. The summed E-state index contributed by atoms with van der Waals surface area (Å²) in [5, 5.41) is 26.8. The van der Waals surface area contributed by atoms with E-state index in [1.165, 1.54) is 12.1 Å². The van der Waals surface area contributed by atoms with Crippen LogP contribution in [0.1, 0.15) is 37.0 Å². The summed E-state index contributed by atoms with van der Waals surface area (Å²) in [6.45, 7) is 3.56. The summed E-state index contributed by atoms with van der Waals surface area (Å²) in [7, 11) is -3.98. The van der Waals surface area contributed by atoms with Crippen molar-refractivity contribution in [3.05, 3.63) is 23.8 Å². The predicted octanol–water partition coefficient (Wildman–Crippen LogP) is 0.995. The second-order valence-corrected chi connectivity index (χ2v) is 6.39. The average Bonchev–Trinajstić information content (AvgIpc) is 2.43. The lowest BCUT2D eigenvalue weighted by atomic mass is 9.93. The lowest BCUT2D eigenvalue weighted by molar-refractivity contribution is 0.0697. The van der Waals surface area contributed by atoms with Crippen LogP contribution in [-0.4, -0.2) is 36.7 Å². The summed E-state index contributed by atoms with van der Waals surface area (Å²) >= 11 is 0. The van der Waals surface area contributed by atoms with Gasteiger partial charge in [-0.3, -0.25) is 0 Å².